The highest BCUT2D eigenvalue weighted by Crippen LogP contribution is 2.10. The van der Waals surface area contributed by atoms with Gasteiger partial charge in [-0.15, -0.1) is 24.0 Å². The fourth-order valence-electron chi connectivity index (χ4n) is 2.73. The zero-order chi connectivity index (χ0) is 19.2. The predicted molar refractivity (Wildman–Crippen MR) is 120 cm³/mol. The van der Waals surface area contributed by atoms with Crippen molar-refractivity contribution in [2.75, 3.05) is 7.05 Å². The van der Waals surface area contributed by atoms with Crippen LogP contribution in [0.25, 0.3) is 5.82 Å². The summed E-state index contributed by atoms with van der Waals surface area (Å²) in [6.45, 7) is 4.88. The second kappa shape index (κ2) is 10.2. The Kier molecular flexibility index (Phi) is 7.91. The van der Waals surface area contributed by atoms with Crippen LogP contribution in [-0.4, -0.2) is 27.8 Å². The summed E-state index contributed by atoms with van der Waals surface area (Å²) in [6.07, 6.45) is 1.81. The Morgan fingerprint density at radius 2 is 1.86 bits per heavy atom. The molecule has 2 heterocycles. The van der Waals surface area contributed by atoms with Gasteiger partial charge in [-0.1, -0.05) is 24.3 Å². The summed E-state index contributed by atoms with van der Waals surface area (Å²) in [6, 6.07) is 12.6. The molecule has 0 amide bonds. The van der Waals surface area contributed by atoms with Gasteiger partial charge in [0.15, 0.2) is 11.8 Å². The summed E-state index contributed by atoms with van der Waals surface area (Å²) < 4.78 is 15.5. The standard InChI is InChI=1S/C20H23FN6.HI/c1-14-10-15(2)27(26-14)19-9-8-16(11-23-19)12-24-20(22-3)25-13-17-6-4-5-7-18(17)21;/h4-11H,12-13H2,1-3H3,(H2,22,24,25);1H. The monoisotopic (exact) mass is 494 g/mol. The van der Waals surface area contributed by atoms with E-state index in [2.05, 4.69) is 25.7 Å². The van der Waals surface area contributed by atoms with Crippen molar-refractivity contribution in [3.05, 3.63) is 77.0 Å². The third kappa shape index (κ3) is 5.51. The molecule has 148 valence electrons. The molecule has 0 saturated carbocycles. The third-order valence-electron chi connectivity index (χ3n) is 4.12. The number of nitrogens with zero attached hydrogens (tertiary/aromatic N) is 4. The van der Waals surface area contributed by atoms with E-state index in [0.717, 1.165) is 22.8 Å². The first-order valence-electron chi connectivity index (χ1n) is 8.73. The van der Waals surface area contributed by atoms with Crippen LogP contribution in [-0.2, 0) is 13.1 Å². The van der Waals surface area contributed by atoms with E-state index in [0.29, 0.717) is 24.6 Å². The van der Waals surface area contributed by atoms with E-state index < -0.39 is 0 Å². The molecule has 0 radical (unpaired) electrons. The van der Waals surface area contributed by atoms with Crippen molar-refractivity contribution in [1.82, 2.24) is 25.4 Å². The molecule has 0 aliphatic heterocycles. The molecule has 2 N–H and O–H groups in total. The number of halogens is 2. The number of pyridine rings is 1. The van der Waals surface area contributed by atoms with E-state index in [1.54, 1.807) is 19.2 Å². The topological polar surface area (TPSA) is 67.1 Å². The number of hydrogen-bond donors (Lipinski definition) is 2. The number of hydrogen-bond acceptors (Lipinski definition) is 3. The molecule has 8 heteroatoms. The molecule has 0 fully saturated rings. The van der Waals surface area contributed by atoms with Gasteiger partial charge in [0.2, 0.25) is 0 Å². The number of rotatable bonds is 5. The fourth-order valence-corrected chi connectivity index (χ4v) is 2.73. The second-order valence-electron chi connectivity index (χ2n) is 6.23. The Balaban J connectivity index is 0.00000280. The van der Waals surface area contributed by atoms with Gasteiger partial charge >= 0.3 is 0 Å². The minimum Gasteiger partial charge on any atom is -0.352 e. The number of benzene rings is 1. The molecule has 3 rings (SSSR count). The maximum Gasteiger partial charge on any atom is 0.191 e. The largest absolute Gasteiger partial charge is 0.352 e. The van der Waals surface area contributed by atoms with Crippen LogP contribution >= 0.6 is 24.0 Å². The average Bonchev–Trinajstić information content (AvgIpc) is 3.02. The van der Waals surface area contributed by atoms with Gasteiger partial charge in [-0.25, -0.2) is 14.1 Å². The molecule has 0 bridgehead atoms. The highest BCUT2D eigenvalue weighted by molar-refractivity contribution is 14.0. The first kappa shape index (κ1) is 21.8. The lowest BCUT2D eigenvalue weighted by Gasteiger charge is -2.12. The highest BCUT2D eigenvalue weighted by Gasteiger charge is 2.06. The van der Waals surface area contributed by atoms with Crippen molar-refractivity contribution in [2.24, 2.45) is 4.99 Å². The van der Waals surface area contributed by atoms with Crippen molar-refractivity contribution in [1.29, 1.82) is 0 Å². The molecular formula is C20H24FIN6. The molecule has 2 aromatic heterocycles. The summed E-state index contributed by atoms with van der Waals surface area (Å²) in [7, 11) is 1.68. The fraction of sp³-hybridized carbons (Fsp3) is 0.250. The van der Waals surface area contributed by atoms with Gasteiger partial charge in [0.25, 0.3) is 0 Å². The lowest BCUT2D eigenvalue weighted by molar-refractivity contribution is 0.604. The number of guanidine groups is 1. The van der Waals surface area contributed by atoms with Gasteiger partial charge in [0, 0.05) is 37.6 Å². The zero-order valence-electron chi connectivity index (χ0n) is 16.1. The normalized spacial score (nSPS) is 11.1. The van der Waals surface area contributed by atoms with Crippen LogP contribution in [0.15, 0.2) is 53.7 Å². The zero-order valence-corrected chi connectivity index (χ0v) is 18.4. The molecule has 0 aliphatic carbocycles. The van der Waals surface area contributed by atoms with Gasteiger partial charge in [0.05, 0.1) is 5.69 Å². The highest BCUT2D eigenvalue weighted by atomic mass is 127. The maximum absolute atomic E-state index is 13.7. The van der Waals surface area contributed by atoms with Crippen molar-refractivity contribution < 1.29 is 4.39 Å². The number of nitrogens with one attached hydrogen (secondary N) is 2. The Bertz CT molecular complexity index is 936. The molecule has 28 heavy (non-hydrogen) atoms. The van der Waals surface area contributed by atoms with Crippen LogP contribution in [0.3, 0.4) is 0 Å². The third-order valence-corrected chi connectivity index (χ3v) is 4.12. The Morgan fingerprint density at radius 1 is 1.11 bits per heavy atom. The van der Waals surface area contributed by atoms with Crippen molar-refractivity contribution in [3.63, 3.8) is 0 Å². The summed E-state index contributed by atoms with van der Waals surface area (Å²) in [5.74, 6) is 1.15. The molecule has 0 spiro atoms. The van der Waals surface area contributed by atoms with E-state index in [4.69, 9.17) is 0 Å². The Morgan fingerprint density at radius 3 is 2.46 bits per heavy atom. The van der Waals surface area contributed by atoms with Crippen molar-refractivity contribution in [2.45, 2.75) is 26.9 Å². The first-order chi connectivity index (χ1) is 13.1. The maximum atomic E-state index is 13.7. The summed E-state index contributed by atoms with van der Waals surface area (Å²) in [5.41, 5.74) is 3.61. The van der Waals surface area contributed by atoms with Gasteiger partial charge in [-0.3, -0.25) is 4.99 Å². The predicted octanol–water partition coefficient (Wildman–Crippen LogP) is 3.51. The van der Waals surface area contributed by atoms with Crippen molar-refractivity contribution >= 4 is 29.9 Å². The molecule has 0 atom stereocenters. The molecule has 0 unspecified atom stereocenters. The Hall–Kier alpha value is -2.49. The lowest BCUT2D eigenvalue weighted by Crippen LogP contribution is -2.36. The molecule has 3 aromatic rings. The van der Waals surface area contributed by atoms with E-state index in [1.165, 1.54) is 6.07 Å². The SMILES string of the molecule is CN=C(NCc1ccc(-n2nc(C)cc2C)nc1)NCc1ccccc1F.I. The van der Waals surface area contributed by atoms with Crippen LogP contribution in [0.1, 0.15) is 22.5 Å². The molecule has 0 saturated heterocycles. The van der Waals surface area contributed by atoms with Crippen LogP contribution in [0.4, 0.5) is 4.39 Å². The van der Waals surface area contributed by atoms with E-state index in [-0.39, 0.29) is 29.8 Å². The molecule has 6 nitrogen and oxygen atoms in total. The first-order valence-corrected chi connectivity index (χ1v) is 8.73. The number of aliphatic imine (C=N–C) groups is 1. The smallest absolute Gasteiger partial charge is 0.191 e. The summed E-state index contributed by atoms with van der Waals surface area (Å²) in [4.78, 5) is 8.65. The second-order valence-corrected chi connectivity index (χ2v) is 6.23. The van der Waals surface area contributed by atoms with Gasteiger partial charge < -0.3 is 10.6 Å². The minimum absolute atomic E-state index is 0. The van der Waals surface area contributed by atoms with Crippen molar-refractivity contribution in [3.8, 4) is 5.82 Å². The average molecular weight is 494 g/mol. The van der Waals surface area contributed by atoms with Crippen LogP contribution in [0.2, 0.25) is 0 Å². The van der Waals surface area contributed by atoms with Crippen LogP contribution in [0, 0.1) is 19.7 Å². The quantitative estimate of drug-likeness (QED) is 0.324. The van der Waals surface area contributed by atoms with Gasteiger partial charge in [-0.05, 0) is 37.6 Å². The number of aromatic nitrogens is 3. The Labute approximate surface area is 181 Å². The number of aryl methyl sites for hydroxylation is 2. The van der Waals surface area contributed by atoms with Gasteiger partial charge in [0.1, 0.15) is 5.82 Å². The van der Waals surface area contributed by atoms with Crippen LogP contribution in [0.5, 0.6) is 0 Å². The minimum atomic E-state index is -0.232. The lowest BCUT2D eigenvalue weighted by atomic mass is 10.2. The van der Waals surface area contributed by atoms with E-state index in [1.807, 2.05) is 49.0 Å². The summed E-state index contributed by atoms with van der Waals surface area (Å²) >= 11 is 0. The van der Waals surface area contributed by atoms with E-state index in [9.17, 15) is 4.39 Å². The molecule has 0 aliphatic rings. The van der Waals surface area contributed by atoms with Crippen LogP contribution < -0.4 is 10.6 Å². The molecular weight excluding hydrogens is 470 g/mol. The summed E-state index contributed by atoms with van der Waals surface area (Å²) in [5, 5.41) is 10.7. The van der Waals surface area contributed by atoms with Gasteiger partial charge in [-0.2, -0.15) is 5.10 Å². The van der Waals surface area contributed by atoms with E-state index >= 15 is 0 Å². The molecule has 1 aromatic carbocycles.